The van der Waals surface area contributed by atoms with Crippen molar-refractivity contribution in [1.82, 2.24) is 52.3 Å². The summed E-state index contributed by atoms with van der Waals surface area (Å²) in [5.74, 6) is -7.68. The summed E-state index contributed by atoms with van der Waals surface area (Å²) in [5, 5.41) is 34.0. The summed E-state index contributed by atoms with van der Waals surface area (Å²) in [6.07, 6.45) is 0.607. The van der Waals surface area contributed by atoms with Gasteiger partial charge in [0.1, 0.15) is 42.3 Å². The molecule has 1 aliphatic heterocycles. The number of likely N-dealkylation sites (N-methyl/N-ethyl adjacent to an activating group) is 2. The number of guanidine groups is 1. The van der Waals surface area contributed by atoms with E-state index in [0.29, 0.717) is 50.8 Å². The van der Waals surface area contributed by atoms with Gasteiger partial charge in [0.15, 0.2) is 5.96 Å². The van der Waals surface area contributed by atoms with Crippen LogP contribution in [0.15, 0.2) is 47.5 Å². The minimum atomic E-state index is -1.68. The molecular weight excluding hydrogens is 995 g/mol. The monoisotopic (exact) mass is 1080 g/mol. The van der Waals surface area contributed by atoms with Gasteiger partial charge in [0, 0.05) is 40.0 Å². The van der Waals surface area contributed by atoms with Crippen molar-refractivity contribution in [3.63, 3.8) is 0 Å². The van der Waals surface area contributed by atoms with Crippen molar-refractivity contribution in [2.45, 2.75) is 155 Å². The van der Waals surface area contributed by atoms with Crippen LogP contribution in [0.5, 0.6) is 0 Å². The van der Waals surface area contributed by atoms with Crippen molar-refractivity contribution in [3.05, 3.63) is 48.0 Å². The number of aliphatic imine (C=N–C) groups is 1. The highest BCUT2D eigenvalue weighted by Crippen LogP contribution is 2.22. The highest BCUT2D eigenvalue weighted by molar-refractivity contribution is 5.99. The average Bonchev–Trinajstić information content (AvgIpc) is 3.88. The van der Waals surface area contributed by atoms with Crippen LogP contribution in [0.25, 0.3) is 10.8 Å². The quantitative estimate of drug-likeness (QED) is 0.0253. The maximum atomic E-state index is 14.5. The molecule has 2 aromatic carbocycles. The highest BCUT2D eigenvalue weighted by atomic mass is 16.3. The molecule has 0 bridgehead atoms. The van der Waals surface area contributed by atoms with Crippen LogP contribution >= 0.6 is 0 Å². The summed E-state index contributed by atoms with van der Waals surface area (Å²) in [6, 6.07) is 4.16. The number of amides is 10. The summed E-state index contributed by atoms with van der Waals surface area (Å²) >= 11 is 0. The molecule has 0 aliphatic carbocycles. The lowest BCUT2D eigenvalue weighted by Crippen LogP contribution is -2.62. The Labute approximate surface area is 451 Å². The number of benzene rings is 2. The third-order valence-electron chi connectivity index (χ3n) is 13.4. The molecule has 1 fully saturated rings. The fourth-order valence-corrected chi connectivity index (χ4v) is 8.73. The molecular formula is C53H83N13O11. The summed E-state index contributed by atoms with van der Waals surface area (Å²) in [5.41, 5.74) is 11.7. The van der Waals surface area contributed by atoms with Gasteiger partial charge in [-0.15, -0.1) is 0 Å². The van der Waals surface area contributed by atoms with Crippen LogP contribution in [0.3, 0.4) is 0 Å². The highest BCUT2D eigenvalue weighted by Gasteiger charge is 2.40. The molecule has 24 nitrogen and oxygen atoms in total. The van der Waals surface area contributed by atoms with Crippen LogP contribution in [-0.2, 0) is 54.4 Å². The molecule has 13 N–H and O–H groups in total. The van der Waals surface area contributed by atoms with E-state index >= 15 is 0 Å². The van der Waals surface area contributed by atoms with Crippen molar-refractivity contribution in [2.24, 2.45) is 28.3 Å². The van der Waals surface area contributed by atoms with Crippen molar-refractivity contribution < 1.29 is 53.1 Å². The van der Waals surface area contributed by atoms with E-state index < -0.39 is 114 Å². The Kier molecular flexibility index (Phi) is 26.3. The summed E-state index contributed by atoms with van der Waals surface area (Å²) < 4.78 is 0. The first-order valence-electron chi connectivity index (χ1n) is 26.5. The topological polar surface area (TPSA) is 358 Å². The zero-order valence-corrected chi connectivity index (χ0v) is 46.0. The number of nitrogens with one attached hydrogen (secondary N) is 8. The Morgan fingerprint density at radius 1 is 0.727 bits per heavy atom. The largest absolute Gasteiger partial charge is 0.391 e. The van der Waals surface area contributed by atoms with E-state index in [2.05, 4.69) is 47.5 Å². The fourth-order valence-electron chi connectivity index (χ4n) is 8.73. The molecule has 0 aromatic heterocycles. The van der Waals surface area contributed by atoms with E-state index in [1.165, 1.54) is 25.8 Å². The van der Waals surface area contributed by atoms with Crippen LogP contribution < -0.4 is 54.0 Å². The van der Waals surface area contributed by atoms with E-state index in [4.69, 9.17) is 11.5 Å². The second kappa shape index (κ2) is 31.6. The molecule has 0 unspecified atom stereocenters. The van der Waals surface area contributed by atoms with E-state index in [1.54, 1.807) is 46.8 Å². The molecule has 24 heteroatoms. The number of nitrogens with zero attached hydrogens (tertiary/aromatic N) is 3. The predicted octanol–water partition coefficient (Wildman–Crippen LogP) is -1.05. The minimum absolute atomic E-state index is 0.0657. The lowest BCUT2D eigenvalue weighted by atomic mass is 9.96. The smallest absolute Gasteiger partial charge is 0.245 e. The van der Waals surface area contributed by atoms with Gasteiger partial charge in [-0.1, -0.05) is 89.9 Å². The third kappa shape index (κ3) is 19.9. The van der Waals surface area contributed by atoms with Crippen LogP contribution in [0.1, 0.15) is 106 Å². The SMILES string of the molecule is CCC[C@H](NC(=O)[C@@H](NC(=O)[C@@H](Cc1cccc2ccccc12)NC(=O)[C@@H](NC(=O)CNC(=O)CN(C)C(C)=O)C(C)C)[C@@H](C)O)C(=O)N[C@H](C(=O)N[C@@H](CCCN=C(N)N)C(=O)N1CCC[C@H]1C(=O)NCC)[C@@H](C)CC. The van der Waals surface area contributed by atoms with Crippen LogP contribution in [0, 0.1) is 11.8 Å². The van der Waals surface area contributed by atoms with E-state index in [0.717, 1.165) is 15.7 Å². The number of aliphatic hydroxyl groups excluding tert-OH is 1. The molecule has 1 aliphatic rings. The van der Waals surface area contributed by atoms with Gasteiger partial charge in [-0.05, 0) is 74.1 Å². The van der Waals surface area contributed by atoms with Gasteiger partial charge >= 0.3 is 0 Å². The van der Waals surface area contributed by atoms with Crippen LogP contribution in [0.4, 0.5) is 0 Å². The second-order valence-corrected chi connectivity index (χ2v) is 19.9. The number of aliphatic hydroxyl groups is 1. The Morgan fingerprint density at radius 3 is 1.96 bits per heavy atom. The molecule has 2 aromatic rings. The molecule has 0 radical (unpaired) electrons. The van der Waals surface area contributed by atoms with Gasteiger partial charge < -0.3 is 68.9 Å². The first-order chi connectivity index (χ1) is 36.4. The van der Waals surface area contributed by atoms with Gasteiger partial charge in [-0.25, -0.2) is 0 Å². The molecule has 1 saturated heterocycles. The number of hydrogen-bond donors (Lipinski definition) is 11. The van der Waals surface area contributed by atoms with Crippen molar-refractivity contribution >= 4 is 75.8 Å². The molecule has 9 atom stereocenters. The maximum Gasteiger partial charge on any atom is 0.245 e. The summed E-state index contributed by atoms with van der Waals surface area (Å²) in [4.78, 5) is 142. The van der Waals surface area contributed by atoms with Crippen molar-refractivity contribution in [3.8, 4) is 0 Å². The second-order valence-electron chi connectivity index (χ2n) is 19.9. The number of carbonyl (C=O) groups is 10. The number of likely N-dealkylation sites (tertiary alicyclic amines) is 1. The standard InChI is InChI=1S/C53H83N13O11/c1-10-18-37(46(71)63-44(31(6)11-2)50(75)60-38(23-16-25-57-53(54)55)52(77)66-26-17-24-40(66)48(73)56-12-3)59-51(76)45(32(7)67)64-47(72)39(27-35-21-15-20-34-19-13-14-22-36(34)35)61-49(74)43(30(4)5)62-41(69)28-58-42(70)29-65(9)33(8)68/h13-15,19-22,30-32,37-40,43-45,67H,10-12,16-18,23-29H2,1-9H3,(H,56,73)(H,58,70)(H,59,76)(H,60,75)(H,61,74)(H,62,69)(H,63,71)(H,64,72)(H4,54,55,57)/t31-,32+,37-,38-,39+,40-,43-,44-,45-/m0/s1. The van der Waals surface area contributed by atoms with Crippen LogP contribution in [-0.4, -0.2) is 168 Å². The molecule has 1 heterocycles. The first-order valence-corrected chi connectivity index (χ1v) is 26.5. The van der Waals surface area contributed by atoms with E-state index in [1.807, 2.05) is 37.3 Å². The predicted molar refractivity (Wildman–Crippen MR) is 290 cm³/mol. The Bertz CT molecular complexity index is 2410. The first kappa shape index (κ1) is 63.9. The molecule has 77 heavy (non-hydrogen) atoms. The maximum absolute atomic E-state index is 14.5. The summed E-state index contributed by atoms with van der Waals surface area (Å²) in [6.45, 7) is 13.0. The Hall–Kier alpha value is -7.37. The number of carbonyl (C=O) groups excluding carboxylic acids is 10. The lowest BCUT2D eigenvalue weighted by Gasteiger charge is -2.31. The molecule has 0 saturated carbocycles. The lowest BCUT2D eigenvalue weighted by molar-refractivity contribution is -0.142. The Morgan fingerprint density at radius 2 is 1.34 bits per heavy atom. The molecule has 0 spiro atoms. The number of rotatable bonds is 30. The minimum Gasteiger partial charge on any atom is -0.391 e. The zero-order valence-electron chi connectivity index (χ0n) is 46.0. The average molecular weight is 1080 g/mol. The summed E-state index contributed by atoms with van der Waals surface area (Å²) in [7, 11) is 1.42. The van der Waals surface area contributed by atoms with Gasteiger partial charge in [0.05, 0.1) is 19.2 Å². The third-order valence-corrected chi connectivity index (χ3v) is 13.4. The van der Waals surface area contributed by atoms with Gasteiger partial charge in [-0.2, -0.15) is 0 Å². The zero-order chi connectivity index (χ0) is 57.5. The molecule has 426 valence electrons. The molecule has 10 amide bonds. The van der Waals surface area contributed by atoms with Gasteiger partial charge in [-0.3, -0.25) is 52.9 Å². The van der Waals surface area contributed by atoms with E-state index in [9.17, 15) is 53.1 Å². The van der Waals surface area contributed by atoms with E-state index in [-0.39, 0.29) is 50.1 Å². The van der Waals surface area contributed by atoms with Gasteiger partial charge in [0.25, 0.3) is 0 Å². The number of nitrogens with two attached hydrogens (primary N) is 2. The van der Waals surface area contributed by atoms with Crippen molar-refractivity contribution in [2.75, 3.05) is 39.8 Å². The number of fused-ring (bicyclic) bond motifs is 1. The van der Waals surface area contributed by atoms with Crippen molar-refractivity contribution in [1.29, 1.82) is 0 Å². The van der Waals surface area contributed by atoms with Gasteiger partial charge in [0.2, 0.25) is 59.1 Å². The number of hydrogen-bond acceptors (Lipinski definition) is 12. The van der Waals surface area contributed by atoms with Crippen LogP contribution in [0.2, 0.25) is 0 Å². The molecule has 3 rings (SSSR count). The normalized spacial score (nSPS) is 16.2. The Balaban J connectivity index is 1.89. The fraction of sp³-hybridized carbons (Fsp3) is 0.604.